The van der Waals surface area contributed by atoms with Gasteiger partial charge in [0.2, 0.25) is 5.72 Å². The van der Waals surface area contributed by atoms with Gasteiger partial charge in [0.1, 0.15) is 17.4 Å². The zero-order valence-corrected chi connectivity index (χ0v) is 17.5. The maximum absolute atomic E-state index is 14.6. The zero-order chi connectivity index (χ0) is 22.7. The molecule has 0 saturated carbocycles. The van der Waals surface area contributed by atoms with Gasteiger partial charge in [-0.1, -0.05) is 24.3 Å². The Labute approximate surface area is 183 Å². The molecule has 0 radical (unpaired) electrons. The summed E-state index contributed by atoms with van der Waals surface area (Å²) in [5.74, 6) is -0.783. The van der Waals surface area contributed by atoms with Gasteiger partial charge >= 0.3 is 0 Å². The SMILES string of the molecule is CC1(C)c2ccccc2N(Cc2c(F)cccc2F)C12C=Cc1cc([N+](=O)[O-])ccc1O2. The first-order valence-electron chi connectivity index (χ1n) is 10.2. The van der Waals surface area contributed by atoms with E-state index in [1.54, 1.807) is 12.1 Å². The quantitative estimate of drug-likeness (QED) is 0.376. The first-order chi connectivity index (χ1) is 15.2. The van der Waals surface area contributed by atoms with E-state index in [9.17, 15) is 18.9 Å². The molecule has 3 aromatic rings. The molecule has 0 aliphatic carbocycles. The van der Waals surface area contributed by atoms with Crippen molar-refractivity contribution < 1.29 is 18.4 Å². The minimum Gasteiger partial charge on any atom is -0.463 e. The third-order valence-corrected chi connectivity index (χ3v) is 6.50. The Morgan fingerprint density at radius 2 is 1.75 bits per heavy atom. The average molecular weight is 434 g/mol. The number of anilines is 1. The van der Waals surface area contributed by atoms with Crippen molar-refractivity contribution in [2.45, 2.75) is 31.5 Å². The van der Waals surface area contributed by atoms with Gasteiger partial charge in [-0.3, -0.25) is 10.1 Å². The zero-order valence-electron chi connectivity index (χ0n) is 17.5. The summed E-state index contributed by atoms with van der Waals surface area (Å²) in [5, 5.41) is 11.2. The van der Waals surface area contributed by atoms with Crippen LogP contribution in [-0.2, 0) is 12.0 Å². The Balaban J connectivity index is 1.67. The molecule has 5 nitrogen and oxygen atoms in total. The maximum Gasteiger partial charge on any atom is 0.270 e. The summed E-state index contributed by atoms with van der Waals surface area (Å²) in [6, 6.07) is 15.9. The lowest BCUT2D eigenvalue weighted by Crippen LogP contribution is -2.59. The number of hydrogen-bond acceptors (Lipinski definition) is 4. The van der Waals surface area contributed by atoms with Crippen LogP contribution in [0.5, 0.6) is 5.75 Å². The van der Waals surface area contributed by atoms with Gasteiger partial charge in [-0.25, -0.2) is 8.78 Å². The minimum absolute atomic E-state index is 0.0350. The smallest absolute Gasteiger partial charge is 0.270 e. The number of fused-ring (bicyclic) bond motifs is 2. The number of ether oxygens (including phenoxy) is 1. The van der Waals surface area contributed by atoms with Crippen molar-refractivity contribution in [3.8, 4) is 5.75 Å². The number of benzene rings is 3. The van der Waals surface area contributed by atoms with E-state index in [-0.39, 0.29) is 17.8 Å². The van der Waals surface area contributed by atoms with Crippen molar-refractivity contribution >= 4 is 17.5 Å². The summed E-state index contributed by atoms with van der Waals surface area (Å²) in [4.78, 5) is 12.6. The standard InChI is InChI=1S/C25H20F2N2O3/c1-24(2)19-6-3-4-9-22(19)28(15-18-20(26)7-5-8-21(18)27)25(24)13-12-16-14-17(29(30)31)10-11-23(16)32-25/h3-14H,15H2,1-2H3. The number of rotatable bonds is 3. The lowest BCUT2D eigenvalue weighted by Gasteiger charge is -2.47. The van der Waals surface area contributed by atoms with Gasteiger partial charge in [0.15, 0.2) is 0 Å². The Hall–Kier alpha value is -3.74. The monoisotopic (exact) mass is 434 g/mol. The molecule has 2 aliphatic rings. The molecule has 1 spiro atoms. The van der Waals surface area contributed by atoms with Crippen molar-refractivity contribution in [2.24, 2.45) is 0 Å². The fourth-order valence-corrected chi connectivity index (χ4v) is 4.75. The summed E-state index contributed by atoms with van der Waals surface area (Å²) in [6.07, 6.45) is 3.61. The van der Waals surface area contributed by atoms with Crippen molar-refractivity contribution in [1.29, 1.82) is 0 Å². The van der Waals surface area contributed by atoms with Crippen LogP contribution >= 0.6 is 0 Å². The van der Waals surface area contributed by atoms with Gasteiger partial charge in [0.25, 0.3) is 5.69 Å². The third kappa shape index (κ3) is 2.74. The van der Waals surface area contributed by atoms with Crippen LogP contribution in [-0.4, -0.2) is 10.6 Å². The van der Waals surface area contributed by atoms with Gasteiger partial charge in [0.05, 0.1) is 16.9 Å². The molecule has 1 unspecified atom stereocenters. The van der Waals surface area contributed by atoms with Crippen LogP contribution in [0.2, 0.25) is 0 Å². The van der Waals surface area contributed by atoms with E-state index < -0.39 is 27.7 Å². The highest BCUT2D eigenvalue weighted by atomic mass is 19.1. The summed E-state index contributed by atoms with van der Waals surface area (Å²) in [7, 11) is 0. The molecule has 7 heteroatoms. The molecule has 162 valence electrons. The molecule has 0 bridgehead atoms. The number of halogens is 2. The van der Waals surface area contributed by atoms with Crippen LogP contribution in [0, 0.1) is 21.7 Å². The van der Waals surface area contributed by atoms with Gasteiger partial charge in [-0.05, 0) is 55.8 Å². The van der Waals surface area contributed by atoms with E-state index in [4.69, 9.17) is 4.74 Å². The molecule has 0 saturated heterocycles. The molecule has 5 rings (SSSR count). The van der Waals surface area contributed by atoms with Gasteiger partial charge in [0, 0.05) is 28.9 Å². The highest BCUT2D eigenvalue weighted by Gasteiger charge is 2.59. The molecule has 0 fully saturated rings. The molecule has 3 aromatic carbocycles. The van der Waals surface area contributed by atoms with E-state index in [1.807, 2.05) is 49.1 Å². The first-order valence-corrected chi connectivity index (χ1v) is 10.2. The second-order valence-electron chi connectivity index (χ2n) is 8.54. The third-order valence-electron chi connectivity index (χ3n) is 6.50. The largest absolute Gasteiger partial charge is 0.463 e. The van der Waals surface area contributed by atoms with Gasteiger partial charge in [-0.2, -0.15) is 0 Å². The maximum atomic E-state index is 14.6. The molecule has 1 atom stereocenters. The Bertz CT molecular complexity index is 1270. The van der Waals surface area contributed by atoms with E-state index in [2.05, 4.69) is 0 Å². The molecular formula is C25H20F2N2O3. The fourth-order valence-electron chi connectivity index (χ4n) is 4.75. The molecule has 0 aromatic heterocycles. The van der Waals surface area contributed by atoms with Gasteiger partial charge < -0.3 is 9.64 Å². The highest BCUT2D eigenvalue weighted by molar-refractivity contribution is 5.73. The topological polar surface area (TPSA) is 55.6 Å². The van der Waals surface area contributed by atoms with Crippen LogP contribution in [0.15, 0.2) is 66.7 Å². The van der Waals surface area contributed by atoms with Gasteiger partial charge in [-0.15, -0.1) is 0 Å². The van der Waals surface area contributed by atoms with E-state index in [0.717, 1.165) is 11.3 Å². The predicted octanol–water partition coefficient (Wildman–Crippen LogP) is 5.97. The van der Waals surface area contributed by atoms with Crippen LogP contribution in [0.1, 0.15) is 30.5 Å². The first kappa shape index (κ1) is 20.2. The number of non-ortho nitro benzene ring substituents is 1. The Morgan fingerprint density at radius 3 is 2.47 bits per heavy atom. The highest BCUT2D eigenvalue weighted by Crippen LogP contribution is 2.55. The minimum atomic E-state index is -1.09. The van der Waals surface area contributed by atoms with Crippen LogP contribution in [0.25, 0.3) is 6.08 Å². The number of hydrogen-bond donors (Lipinski definition) is 0. The van der Waals surface area contributed by atoms with E-state index >= 15 is 0 Å². The second kappa shape index (κ2) is 6.88. The summed E-state index contributed by atoms with van der Waals surface area (Å²) >= 11 is 0. The lowest BCUT2D eigenvalue weighted by molar-refractivity contribution is -0.384. The van der Waals surface area contributed by atoms with Crippen LogP contribution in [0.4, 0.5) is 20.2 Å². The Morgan fingerprint density at radius 1 is 1.03 bits per heavy atom. The summed E-state index contributed by atoms with van der Waals surface area (Å²) < 4.78 is 35.7. The number of nitro benzene ring substituents is 1. The molecule has 2 heterocycles. The molecular weight excluding hydrogens is 414 g/mol. The Kier molecular flexibility index (Phi) is 4.34. The van der Waals surface area contributed by atoms with Crippen molar-refractivity contribution in [3.63, 3.8) is 0 Å². The van der Waals surface area contributed by atoms with Crippen molar-refractivity contribution in [3.05, 3.63) is 105 Å². The molecule has 0 amide bonds. The van der Waals surface area contributed by atoms with Crippen LogP contribution < -0.4 is 9.64 Å². The number of nitrogens with zero attached hydrogens (tertiary/aromatic N) is 2. The van der Waals surface area contributed by atoms with E-state index in [0.29, 0.717) is 11.3 Å². The predicted molar refractivity (Wildman–Crippen MR) is 117 cm³/mol. The average Bonchev–Trinajstić information content (AvgIpc) is 2.94. The summed E-state index contributed by atoms with van der Waals surface area (Å²) in [6.45, 7) is 3.99. The normalized spacial score (nSPS) is 20.1. The number of nitro groups is 1. The van der Waals surface area contributed by atoms with Crippen molar-refractivity contribution in [1.82, 2.24) is 0 Å². The lowest BCUT2D eigenvalue weighted by atomic mass is 9.76. The van der Waals surface area contributed by atoms with Crippen LogP contribution in [0.3, 0.4) is 0 Å². The summed E-state index contributed by atoms with van der Waals surface area (Å²) in [5.41, 5.74) is 0.601. The molecule has 0 N–H and O–H groups in total. The number of para-hydroxylation sites is 1. The molecule has 2 aliphatic heterocycles. The van der Waals surface area contributed by atoms with Crippen molar-refractivity contribution in [2.75, 3.05) is 4.90 Å². The fraction of sp³-hybridized carbons (Fsp3) is 0.200. The molecule has 32 heavy (non-hydrogen) atoms. The second-order valence-corrected chi connectivity index (χ2v) is 8.54. The van der Waals surface area contributed by atoms with E-state index in [1.165, 1.54) is 30.3 Å².